The van der Waals surface area contributed by atoms with E-state index in [9.17, 15) is 4.79 Å². The smallest absolute Gasteiger partial charge is 0.305 e. The topological polar surface area (TPSA) is 88.2 Å². The lowest BCUT2D eigenvalue weighted by Gasteiger charge is -2.12. The van der Waals surface area contributed by atoms with Crippen molar-refractivity contribution >= 4 is 34.5 Å². The van der Waals surface area contributed by atoms with Crippen molar-refractivity contribution in [3.63, 3.8) is 0 Å². The first kappa shape index (κ1) is 11.7. The summed E-state index contributed by atoms with van der Waals surface area (Å²) in [5.41, 5.74) is 1.04. The third kappa shape index (κ3) is 2.65. The zero-order valence-corrected chi connectivity index (χ0v) is 9.73. The number of hydrogen-bond acceptors (Lipinski definition) is 5. The van der Waals surface area contributed by atoms with E-state index in [1.165, 1.54) is 6.26 Å². The van der Waals surface area contributed by atoms with Crippen LogP contribution in [-0.2, 0) is 4.79 Å². The molecule has 2 rings (SSSR count). The van der Waals surface area contributed by atoms with E-state index in [1.807, 2.05) is 0 Å². The van der Waals surface area contributed by atoms with Crippen LogP contribution in [0, 0.1) is 0 Å². The highest BCUT2D eigenvalue weighted by Gasteiger charge is 2.13. The van der Waals surface area contributed by atoms with Gasteiger partial charge in [-0.1, -0.05) is 0 Å². The van der Waals surface area contributed by atoms with Gasteiger partial charge in [0.15, 0.2) is 11.4 Å². The third-order valence-corrected chi connectivity index (χ3v) is 2.31. The summed E-state index contributed by atoms with van der Waals surface area (Å²) in [7, 11) is 0. The lowest BCUT2D eigenvalue weighted by atomic mass is 10.2. The molecule has 0 amide bonds. The Kier molecular flexibility index (Phi) is 3.14. The predicted molar refractivity (Wildman–Crippen MR) is 62.2 cm³/mol. The Morgan fingerprint density at radius 2 is 2.41 bits per heavy atom. The molecule has 0 radical (unpaired) electrons. The van der Waals surface area contributed by atoms with E-state index in [1.54, 1.807) is 13.0 Å². The van der Waals surface area contributed by atoms with E-state index in [-0.39, 0.29) is 17.7 Å². The molecule has 2 N–H and O–H groups in total. The van der Waals surface area contributed by atoms with Gasteiger partial charge in [0.2, 0.25) is 5.28 Å². The Labute approximate surface area is 102 Å². The number of aliphatic carboxylic acids is 1. The van der Waals surface area contributed by atoms with Crippen molar-refractivity contribution in [1.82, 2.24) is 9.97 Å². The molecular weight excluding hydrogens is 246 g/mol. The first-order chi connectivity index (χ1) is 8.06. The number of rotatable bonds is 4. The molecule has 2 aromatic heterocycles. The fourth-order valence-electron chi connectivity index (χ4n) is 1.48. The quantitative estimate of drug-likeness (QED) is 0.814. The molecule has 0 aromatic carbocycles. The van der Waals surface area contributed by atoms with Crippen LogP contribution in [0.15, 0.2) is 16.7 Å². The second-order valence-electron chi connectivity index (χ2n) is 3.62. The van der Waals surface area contributed by atoms with Crippen LogP contribution in [0.3, 0.4) is 0 Å². The maximum Gasteiger partial charge on any atom is 0.305 e. The zero-order valence-electron chi connectivity index (χ0n) is 8.98. The number of hydrogen-bond donors (Lipinski definition) is 2. The van der Waals surface area contributed by atoms with Crippen LogP contribution in [0.25, 0.3) is 11.1 Å². The summed E-state index contributed by atoms with van der Waals surface area (Å²) in [5.74, 6) is -0.486. The van der Waals surface area contributed by atoms with Gasteiger partial charge >= 0.3 is 5.97 Å². The number of aromatic nitrogens is 2. The molecule has 0 fully saturated rings. The maximum absolute atomic E-state index is 10.6. The molecule has 2 aromatic rings. The molecule has 0 saturated carbocycles. The second-order valence-corrected chi connectivity index (χ2v) is 3.96. The largest absolute Gasteiger partial charge is 0.481 e. The molecular formula is C10H10ClN3O3. The van der Waals surface area contributed by atoms with E-state index < -0.39 is 5.97 Å². The average Bonchev–Trinajstić information content (AvgIpc) is 2.63. The van der Waals surface area contributed by atoms with Crippen molar-refractivity contribution in [3.05, 3.63) is 17.6 Å². The molecule has 1 atom stereocenters. The normalized spacial score (nSPS) is 12.6. The number of carboxylic acids is 1. The summed E-state index contributed by atoms with van der Waals surface area (Å²) in [6, 6.07) is 1.38. The summed E-state index contributed by atoms with van der Waals surface area (Å²) in [5, 5.41) is 11.7. The molecule has 0 saturated heterocycles. The number of nitrogens with zero attached hydrogens (tertiary/aromatic N) is 2. The summed E-state index contributed by atoms with van der Waals surface area (Å²) >= 11 is 5.75. The van der Waals surface area contributed by atoms with Gasteiger partial charge in [-0.3, -0.25) is 4.79 Å². The van der Waals surface area contributed by atoms with Crippen LogP contribution in [0.1, 0.15) is 13.3 Å². The van der Waals surface area contributed by atoms with Crippen LogP contribution in [-0.4, -0.2) is 27.1 Å². The minimum Gasteiger partial charge on any atom is -0.481 e. The summed E-state index contributed by atoms with van der Waals surface area (Å²) in [6.07, 6.45) is 1.45. The fourth-order valence-corrected chi connectivity index (χ4v) is 1.65. The standard InChI is InChI=1S/C10H10ClN3O3/c1-5(4-7(15)16)12-9-8-6(2-3-17-8)13-10(11)14-9/h2-3,5H,4H2,1H3,(H,15,16)(H,12,13,14). The fraction of sp³-hybridized carbons (Fsp3) is 0.300. The molecule has 0 spiro atoms. The third-order valence-electron chi connectivity index (χ3n) is 2.14. The Morgan fingerprint density at radius 3 is 3.12 bits per heavy atom. The molecule has 0 aliphatic carbocycles. The molecule has 1 unspecified atom stereocenters. The van der Waals surface area contributed by atoms with Crippen molar-refractivity contribution in [2.45, 2.75) is 19.4 Å². The highest BCUT2D eigenvalue weighted by molar-refractivity contribution is 6.28. The Balaban J connectivity index is 2.28. The molecule has 90 valence electrons. The first-order valence-electron chi connectivity index (χ1n) is 4.95. The van der Waals surface area contributed by atoms with Crippen molar-refractivity contribution in [3.8, 4) is 0 Å². The molecule has 6 nitrogen and oxygen atoms in total. The monoisotopic (exact) mass is 255 g/mol. The SMILES string of the molecule is CC(CC(=O)O)Nc1nc(Cl)nc2ccoc12. The van der Waals surface area contributed by atoms with Gasteiger partial charge in [0.25, 0.3) is 0 Å². The number of fused-ring (bicyclic) bond motifs is 1. The van der Waals surface area contributed by atoms with E-state index in [2.05, 4.69) is 15.3 Å². The van der Waals surface area contributed by atoms with Crippen LogP contribution in [0.4, 0.5) is 5.82 Å². The maximum atomic E-state index is 10.6. The lowest BCUT2D eigenvalue weighted by molar-refractivity contribution is -0.137. The molecule has 2 heterocycles. The van der Waals surface area contributed by atoms with Gasteiger partial charge in [-0.05, 0) is 18.5 Å². The molecule has 0 aliphatic rings. The van der Waals surface area contributed by atoms with E-state index in [4.69, 9.17) is 21.1 Å². The van der Waals surface area contributed by atoms with Gasteiger partial charge in [-0.25, -0.2) is 4.98 Å². The van der Waals surface area contributed by atoms with Crippen LogP contribution in [0.2, 0.25) is 5.28 Å². The number of anilines is 1. The average molecular weight is 256 g/mol. The van der Waals surface area contributed by atoms with Crippen molar-refractivity contribution in [2.75, 3.05) is 5.32 Å². The molecule has 7 heteroatoms. The Morgan fingerprint density at radius 1 is 1.65 bits per heavy atom. The number of carbonyl (C=O) groups is 1. The number of nitrogens with one attached hydrogen (secondary N) is 1. The number of halogens is 1. The second kappa shape index (κ2) is 4.58. The Hall–Kier alpha value is -1.82. The van der Waals surface area contributed by atoms with Crippen LogP contribution in [0.5, 0.6) is 0 Å². The summed E-state index contributed by atoms with van der Waals surface area (Å²) in [4.78, 5) is 18.5. The van der Waals surface area contributed by atoms with Gasteiger partial charge in [0.1, 0.15) is 5.52 Å². The van der Waals surface area contributed by atoms with Crippen molar-refractivity contribution < 1.29 is 14.3 Å². The van der Waals surface area contributed by atoms with Gasteiger partial charge in [0, 0.05) is 12.1 Å². The van der Waals surface area contributed by atoms with Gasteiger partial charge < -0.3 is 14.8 Å². The minimum atomic E-state index is -0.888. The van der Waals surface area contributed by atoms with Crippen LogP contribution >= 0.6 is 11.6 Å². The first-order valence-corrected chi connectivity index (χ1v) is 5.33. The number of furan rings is 1. The highest BCUT2D eigenvalue weighted by Crippen LogP contribution is 2.23. The van der Waals surface area contributed by atoms with Crippen molar-refractivity contribution in [1.29, 1.82) is 0 Å². The molecule has 0 bridgehead atoms. The predicted octanol–water partition coefficient (Wildman–Crippen LogP) is 2.15. The zero-order chi connectivity index (χ0) is 12.4. The van der Waals surface area contributed by atoms with Gasteiger partial charge in [-0.2, -0.15) is 4.98 Å². The minimum absolute atomic E-state index is 0.0240. The molecule has 17 heavy (non-hydrogen) atoms. The van der Waals surface area contributed by atoms with Crippen LogP contribution < -0.4 is 5.32 Å². The van der Waals surface area contributed by atoms with Crippen molar-refractivity contribution in [2.24, 2.45) is 0 Å². The number of carboxylic acid groups (broad SMARTS) is 1. The van der Waals surface area contributed by atoms with E-state index >= 15 is 0 Å². The summed E-state index contributed by atoms with van der Waals surface area (Å²) in [6.45, 7) is 1.74. The highest BCUT2D eigenvalue weighted by atomic mass is 35.5. The molecule has 0 aliphatic heterocycles. The summed E-state index contributed by atoms with van der Waals surface area (Å²) < 4.78 is 5.22. The van der Waals surface area contributed by atoms with Gasteiger partial charge in [-0.15, -0.1) is 0 Å². The van der Waals surface area contributed by atoms with E-state index in [0.29, 0.717) is 16.9 Å². The Bertz CT molecular complexity index is 555. The lowest BCUT2D eigenvalue weighted by Crippen LogP contribution is -2.20. The van der Waals surface area contributed by atoms with E-state index in [0.717, 1.165) is 0 Å². The van der Waals surface area contributed by atoms with Gasteiger partial charge in [0.05, 0.1) is 12.7 Å².